The van der Waals surface area contributed by atoms with Gasteiger partial charge in [0.25, 0.3) is 5.91 Å². The molecule has 1 fully saturated rings. The number of alkyl halides is 2. The van der Waals surface area contributed by atoms with Crippen molar-refractivity contribution in [3.63, 3.8) is 0 Å². The standard InChI is InChI=1S/C23H13Cl5F3N3O2/c24-9-3-8(4-10(25)5-9)16-17(23(16,27)28)22(36)33-11-6-12(18(26)14(30)7-11)21(35)34-20-13(29)1-2-15(32)19(20)31/h1-7,16-17H,32H2,(H,33,36)(H,34,35)/t16-,17+/m0/s1. The van der Waals surface area contributed by atoms with E-state index in [0.717, 1.165) is 24.3 Å². The van der Waals surface area contributed by atoms with Crippen LogP contribution in [-0.4, -0.2) is 16.1 Å². The van der Waals surface area contributed by atoms with Crippen molar-refractivity contribution in [2.24, 2.45) is 5.92 Å². The first-order valence-corrected chi connectivity index (χ1v) is 11.9. The van der Waals surface area contributed by atoms with Crippen molar-refractivity contribution in [1.29, 1.82) is 0 Å². The number of nitrogens with two attached hydrogens (primary N) is 1. The number of rotatable bonds is 5. The molecule has 3 aromatic carbocycles. The molecule has 2 amide bonds. The minimum absolute atomic E-state index is 0.181. The predicted molar refractivity (Wildman–Crippen MR) is 136 cm³/mol. The number of benzene rings is 3. The fraction of sp³-hybridized carbons (Fsp3) is 0.130. The smallest absolute Gasteiger partial charge is 0.257 e. The van der Waals surface area contributed by atoms with Crippen molar-refractivity contribution in [1.82, 2.24) is 0 Å². The summed E-state index contributed by atoms with van der Waals surface area (Å²) in [5.41, 5.74) is 3.96. The van der Waals surface area contributed by atoms with Gasteiger partial charge in [-0.2, -0.15) is 0 Å². The van der Waals surface area contributed by atoms with Gasteiger partial charge in [0.2, 0.25) is 5.91 Å². The van der Waals surface area contributed by atoms with Crippen molar-refractivity contribution in [2.75, 3.05) is 16.4 Å². The Labute approximate surface area is 227 Å². The Morgan fingerprint density at radius 1 is 0.889 bits per heavy atom. The van der Waals surface area contributed by atoms with Gasteiger partial charge in [-0.3, -0.25) is 9.59 Å². The molecule has 2 atom stereocenters. The first-order chi connectivity index (χ1) is 16.8. The van der Waals surface area contributed by atoms with Gasteiger partial charge in [-0.15, -0.1) is 23.2 Å². The van der Waals surface area contributed by atoms with Crippen LogP contribution in [0.5, 0.6) is 0 Å². The summed E-state index contributed by atoms with van der Waals surface area (Å²) in [6, 6.07) is 8.32. The number of carbonyl (C=O) groups excluding carboxylic acids is 2. The minimum atomic E-state index is -1.51. The molecule has 0 aliphatic heterocycles. The highest BCUT2D eigenvalue weighted by Gasteiger charge is 2.67. The van der Waals surface area contributed by atoms with E-state index in [-0.39, 0.29) is 5.69 Å². The van der Waals surface area contributed by atoms with E-state index < -0.39 is 67.4 Å². The quantitative estimate of drug-likeness (QED) is 0.211. The van der Waals surface area contributed by atoms with E-state index in [1.807, 2.05) is 5.32 Å². The van der Waals surface area contributed by atoms with Crippen molar-refractivity contribution in [3.05, 3.63) is 86.1 Å². The van der Waals surface area contributed by atoms with Crippen molar-refractivity contribution in [2.45, 2.75) is 10.3 Å². The van der Waals surface area contributed by atoms with Gasteiger partial charge < -0.3 is 16.4 Å². The van der Waals surface area contributed by atoms with Gasteiger partial charge >= 0.3 is 0 Å². The molecule has 0 spiro atoms. The summed E-state index contributed by atoms with van der Waals surface area (Å²) in [6.07, 6.45) is 0. The number of nitrogen functional groups attached to an aromatic ring is 1. The lowest BCUT2D eigenvalue weighted by molar-refractivity contribution is -0.117. The highest BCUT2D eigenvalue weighted by atomic mass is 35.5. The van der Waals surface area contributed by atoms with Crippen LogP contribution < -0.4 is 16.4 Å². The average molecular weight is 598 g/mol. The molecule has 1 saturated carbocycles. The van der Waals surface area contributed by atoms with E-state index in [1.165, 1.54) is 6.07 Å². The number of hydrogen-bond acceptors (Lipinski definition) is 3. The Bertz CT molecular complexity index is 1400. The molecule has 3 aromatic rings. The number of nitrogens with one attached hydrogen (secondary N) is 2. The lowest BCUT2D eigenvalue weighted by atomic mass is 10.1. The van der Waals surface area contributed by atoms with E-state index >= 15 is 0 Å². The van der Waals surface area contributed by atoms with Gasteiger partial charge in [-0.05, 0) is 48.0 Å². The second-order valence-corrected chi connectivity index (χ2v) is 10.6. The molecule has 188 valence electrons. The van der Waals surface area contributed by atoms with E-state index in [0.29, 0.717) is 15.6 Å². The van der Waals surface area contributed by atoms with Crippen LogP contribution in [0.1, 0.15) is 21.8 Å². The highest BCUT2D eigenvalue weighted by Crippen LogP contribution is 2.65. The maximum absolute atomic E-state index is 14.5. The summed E-state index contributed by atoms with van der Waals surface area (Å²) in [7, 11) is 0. The summed E-state index contributed by atoms with van der Waals surface area (Å²) < 4.78 is 41.2. The molecule has 4 N–H and O–H groups in total. The van der Waals surface area contributed by atoms with Gasteiger partial charge in [0.15, 0.2) is 5.82 Å². The van der Waals surface area contributed by atoms with Gasteiger partial charge in [-0.25, -0.2) is 13.2 Å². The number of amides is 2. The van der Waals surface area contributed by atoms with Crippen LogP contribution in [0.15, 0.2) is 42.5 Å². The molecule has 13 heteroatoms. The van der Waals surface area contributed by atoms with Crippen molar-refractivity contribution >= 4 is 86.9 Å². The molecule has 36 heavy (non-hydrogen) atoms. The molecular formula is C23H13Cl5F3N3O2. The molecule has 0 saturated heterocycles. The third-order valence-electron chi connectivity index (χ3n) is 5.48. The normalized spacial score (nSPS) is 18.0. The molecular weight excluding hydrogens is 585 g/mol. The minimum Gasteiger partial charge on any atom is -0.396 e. The third kappa shape index (κ3) is 5.06. The lowest BCUT2D eigenvalue weighted by Crippen LogP contribution is -2.19. The van der Waals surface area contributed by atoms with Gasteiger partial charge in [-0.1, -0.05) is 34.8 Å². The zero-order valence-corrected chi connectivity index (χ0v) is 21.4. The van der Waals surface area contributed by atoms with Crippen molar-refractivity contribution in [3.8, 4) is 0 Å². The number of hydrogen-bond donors (Lipinski definition) is 3. The maximum atomic E-state index is 14.5. The number of halogens is 8. The Kier molecular flexibility index (Phi) is 7.29. The average Bonchev–Trinajstić information content (AvgIpc) is 3.37. The second-order valence-electron chi connectivity index (χ2n) is 7.92. The van der Waals surface area contributed by atoms with Crippen molar-refractivity contribution < 1.29 is 22.8 Å². The molecule has 0 bridgehead atoms. The van der Waals surface area contributed by atoms with Crippen LogP contribution in [-0.2, 0) is 4.79 Å². The van der Waals surface area contributed by atoms with Crippen LogP contribution in [0.25, 0.3) is 0 Å². The summed E-state index contributed by atoms with van der Waals surface area (Å²) >= 11 is 30.6. The summed E-state index contributed by atoms with van der Waals surface area (Å²) in [4.78, 5) is 25.6. The highest BCUT2D eigenvalue weighted by molar-refractivity contribution is 6.53. The fourth-order valence-electron chi connectivity index (χ4n) is 3.73. The number of carbonyl (C=O) groups is 2. The van der Waals surface area contributed by atoms with E-state index in [4.69, 9.17) is 63.7 Å². The Morgan fingerprint density at radius 3 is 2.17 bits per heavy atom. The Morgan fingerprint density at radius 2 is 1.53 bits per heavy atom. The predicted octanol–water partition coefficient (Wildman–Crippen LogP) is 7.42. The van der Waals surface area contributed by atoms with Crippen LogP contribution >= 0.6 is 58.0 Å². The van der Waals surface area contributed by atoms with Gasteiger partial charge in [0.1, 0.15) is 21.7 Å². The maximum Gasteiger partial charge on any atom is 0.257 e. The SMILES string of the molecule is Nc1ccc(F)c(NC(=O)c2cc(NC(=O)[C@H]3[C@H](c4cc(Cl)cc(Cl)c4)C3(Cl)Cl)cc(F)c2Cl)c1F. The van der Waals surface area contributed by atoms with E-state index in [1.54, 1.807) is 12.1 Å². The Hall–Kier alpha value is -2.36. The summed E-state index contributed by atoms with van der Waals surface area (Å²) in [5, 5.41) is 4.39. The monoisotopic (exact) mass is 595 g/mol. The Balaban J connectivity index is 1.58. The van der Waals surface area contributed by atoms with Gasteiger partial charge in [0, 0.05) is 21.7 Å². The topological polar surface area (TPSA) is 84.2 Å². The fourth-order valence-corrected chi connectivity index (χ4v) is 5.30. The van der Waals surface area contributed by atoms with E-state index in [9.17, 15) is 22.8 Å². The van der Waals surface area contributed by atoms with Crippen LogP contribution in [0.2, 0.25) is 15.1 Å². The lowest BCUT2D eigenvalue weighted by Gasteiger charge is -2.12. The summed E-state index contributed by atoms with van der Waals surface area (Å²) in [5.74, 6) is -6.90. The molecule has 1 aliphatic rings. The van der Waals surface area contributed by atoms with Crippen LogP contribution in [0.4, 0.5) is 30.2 Å². The zero-order valence-electron chi connectivity index (χ0n) is 17.6. The molecule has 0 heterocycles. The first-order valence-electron chi connectivity index (χ1n) is 9.99. The molecule has 0 aromatic heterocycles. The third-order valence-corrected chi connectivity index (χ3v) is 7.24. The molecule has 5 nitrogen and oxygen atoms in total. The largest absolute Gasteiger partial charge is 0.396 e. The zero-order chi connectivity index (χ0) is 26.5. The van der Waals surface area contributed by atoms with Crippen LogP contribution in [0.3, 0.4) is 0 Å². The molecule has 0 radical (unpaired) electrons. The molecule has 1 aliphatic carbocycles. The molecule has 0 unspecified atom stereocenters. The second kappa shape index (κ2) is 9.84. The van der Waals surface area contributed by atoms with Crippen LogP contribution in [0, 0.1) is 23.4 Å². The first kappa shape index (κ1) is 26.7. The number of anilines is 3. The molecule has 4 rings (SSSR count). The summed E-state index contributed by atoms with van der Waals surface area (Å²) in [6.45, 7) is 0. The van der Waals surface area contributed by atoms with Gasteiger partial charge in [0.05, 0.1) is 22.2 Å². The van der Waals surface area contributed by atoms with E-state index in [2.05, 4.69) is 5.32 Å².